The van der Waals surface area contributed by atoms with Gasteiger partial charge in [0.15, 0.2) is 0 Å². The highest BCUT2D eigenvalue weighted by molar-refractivity contribution is 5.69. The fraction of sp³-hybridized carbons (Fsp3) is 0.389. The van der Waals surface area contributed by atoms with E-state index in [0.29, 0.717) is 18.5 Å². The maximum Gasteiger partial charge on any atom is 0.416 e. The highest BCUT2D eigenvalue weighted by Crippen LogP contribution is 2.35. The van der Waals surface area contributed by atoms with Crippen molar-refractivity contribution in [1.82, 2.24) is 9.47 Å². The van der Waals surface area contributed by atoms with E-state index in [-0.39, 0.29) is 16.7 Å². The second kappa shape index (κ2) is 6.55. The van der Waals surface area contributed by atoms with Crippen molar-refractivity contribution in [1.29, 1.82) is 0 Å². The normalized spacial score (nSPS) is 18.6. The minimum Gasteiger partial charge on any atom is -0.507 e. The highest BCUT2D eigenvalue weighted by Gasteiger charge is 2.31. The maximum absolute atomic E-state index is 12.7. The van der Waals surface area contributed by atoms with Crippen LogP contribution in [-0.4, -0.2) is 34.7 Å². The van der Waals surface area contributed by atoms with Gasteiger partial charge in [0.25, 0.3) is 5.56 Å². The number of aromatic nitrogens is 1. The van der Waals surface area contributed by atoms with Crippen LogP contribution in [0.4, 0.5) is 13.2 Å². The summed E-state index contributed by atoms with van der Waals surface area (Å²) in [5.41, 5.74) is -0.956. The molecule has 0 unspecified atom stereocenters. The number of nitrogens with zero attached hydrogens (tertiary/aromatic N) is 2. The molecule has 0 aliphatic carbocycles. The molecule has 25 heavy (non-hydrogen) atoms. The van der Waals surface area contributed by atoms with Crippen molar-refractivity contribution in [2.75, 3.05) is 20.1 Å². The van der Waals surface area contributed by atoms with Crippen molar-refractivity contribution < 1.29 is 18.3 Å². The Bertz CT molecular complexity index is 830. The molecule has 1 aliphatic rings. The lowest BCUT2D eigenvalue weighted by molar-refractivity contribution is -0.137. The summed E-state index contributed by atoms with van der Waals surface area (Å²) in [7, 11) is 2.03. The Balaban J connectivity index is 1.93. The molecule has 2 heterocycles. The van der Waals surface area contributed by atoms with Gasteiger partial charge < -0.3 is 14.6 Å². The van der Waals surface area contributed by atoms with E-state index in [2.05, 4.69) is 4.90 Å². The summed E-state index contributed by atoms with van der Waals surface area (Å²) in [5, 5.41) is 9.99. The lowest BCUT2D eigenvalue weighted by atomic mass is 10.0. The Morgan fingerprint density at radius 1 is 1.24 bits per heavy atom. The number of hydrogen-bond acceptors (Lipinski definition) is 3. The number of pyridine rings is 1. The molecule has 1 aromatic carbocycles. The molecular weight excluding hydrogens is 333 g/mol. The van der Waals surface area contributed by atoms with Gasteiger partial charge in [-0.1, -0.05) is 0 Å². The molecule has 0 amide bonds. The number of halogens is 3. The molecule has 0 saturated carbocycles. The number of hydrogen-bond donors (Lipinski definition) is 1. The van der Waals surface area contributed by atoms with Gasteiger partial charge >= 0.3 is 6.18 Å². The molecule has 2 aromatic rings. The van der Waals surface area contributed by atoms with Gasteiger partial charge in [0, 0.05) is 24.8 Å². The van der Waals surface area contributed by atoms with Crippen molar-refractivity contribution >= 4 is 0 Å². The molecule has 0 radical (unpaired) electrons. The molecule has 1 atom stereocenters. The van der Waals surface area contributed by atoms with Gasteiger partial charge in [-0.15, -0.1) is 0 Å². The average Bonchev–Trinajstić information content (AvgIpc) is 2.94. The van der Waals surface area contributed by atoms with Crippen LogP contribution in [0.15, 0.2) is 41.3 Å². The number of phenols is 1. The van der Waals surface area contributed by atoms with Gasteiger partial charge in [0.1, 0.15) is 5.75 Å². The fourth-order valence-corrected chi connectivity index (χ4v) is 3.27. The average molecular weight is 352 g/mol. The van der Waals surface area contributed by atoms with Gasteiger partial charge in [0.2, 0.25) is 0 Å². The molecular formula is C18H19F3N2O2. The van der Waals surface area contributed by atoms with Crippen LogP contribution in [0.3, 0.4) is 0 Å². The van der Waals surface area contributed by atoms with Crippen LogP contribution in [0.5, 0.6) is 5.75 Å². The minimum absolute atomic E-state index is 0.107. The number of rotatable bonds is 3. The molecule has 1 aromatic heterocycles. The van der Waals surface area contributed by atoms with E-state index in [9.17, 15) is 23.1 Å². The zero-order chi connectivity index (χ0) is 18.2. The number of benzene rings is 1. The molecule has 7 heteroatoms. The van der Waals surface area contributed by atoms with Crippen molar-refractivity contribution in [2.24, 2.45) is 5.92 Å². The summed E-state index contributed by atoms with van der Waals surface area (Å²) in [6, 6.07) is 5.85. The Labute approximate surface area is 143 Å². The summed E-state index contributed by atoms with van der Waals surface area (Å²) >= 11 is 0. The summed E-state index contributed by atoms with van der Waals surface area (Å²) < 4.78 is 39.7. The van der Waals surface area contributed by atoms with Gasteiger partial charge in [-0.2, -0.15) is 13.2 Å². The first-order chi connectivity index (χ1) is 11.8. The third-order valence-electron chi connectivity index (χ3n) is 4.58. The van der Waals surface area contributed by atoms with Crippen LogP contribution < -0.4 is 5.56 Å². The maximum atomic E-state index is 12.7. The van der Waals surface area contributed by atoms with Crippen molar-refractivity contribution in [3.05, 3.63) is 52.4 Å². The first kappa shape index (κ1) is 17.5. The number of phenolic OH excluding ortho intramolecular Hbond substituents is 1. The molecule has 4 nitrogen and oxygen atoms in total. The minimum atomic E-state index is -4.54. The van der Waals surface area contributed by atoms with Crippen LogP contribution in [0.25, 0.3) is 11.1 Å². The number of alkyl halides is 3. The van der Waals surface area contributed by atoms with E-state index < -0.39 is 17.5 Å². The predicted octanol–water partition coefficient (Wildman–Crippen LogP) is 3.19. The molecule has 1 N–H and O–H groups in total. The van der Waals surface area contributed by atoms with E-state index >= 15 is 0 Å². The smallest absolute Gasteiger partial charge is 0.416 e. The molecule has 3 rings (SSSR count). The van der Waals surface area contributed by atoms with Crippen molar-refractivity contribution in [3.8, 4) is 16.9 Å². The third-order valence-corrected chi connectivity index (χ3v) is 4.58. The zero-order valence-corrected chi connectivity index (χ0v) is 13.8. The Morgan fingerprint density at radius 2 is 2.00 bits per heavy atom. The van der Waals surface area contributed by atoms with Gasteiger partial charge in [-0.05, 0) is 56.3 Å². The van der Waals surface area contributed by atoms with Crippen LogP contribution in [0.1, 0.15) is 12.0 Å². The second-order valence-corrected chi connectivity index (χ2v) is 6.53. The van der Waals surface area contributed by atoms with Crippen LogP contribution in [0, 0.1) is 5.92 Å². The summed E-state index contributed by atoms with van der Waals surface area (Å²) in [4.78, 5) is 14.9. The molecule has 1 saturated heterocycles. The van der Waals surface area contributed by atoms with E-state index in [0.717, 1.165) is 31.6 Å². The summed E-state index contributed by atoms with van der Waals surface area (Å²) in [6.45, 7) is 2.44. The monoisotopic (exact) mass is 352 g/mol. The standard InChI is InChI=1S/C18H19F3N2O2/c1-22-8-6-12(10-22)11-23-7-2-3-15(17(23)25)14-5-4-13(9-16(14)24)18(19,20)21/h2-5,7,9,12,24H,6,8,10-11H2,1H3/t12-/m1/s1. The van der Waals surface area contributed by atoms with Gasteiger partial charge in [-0.3, -0.25) is 4.79 Å². The van der Waals surface area contributed by atoms with Crippen LogP contribution >= 0.6 is 0 Å². The topological polar surface area (TPSA) is 45.5 Å². The van der Waals surface area contributed by atoms with Crippen molar-refractivity contribution in [2.45, 2.75) is 19.1 Å². The van der Waals surface area contributed by atoms with E-state index in [1.807, 2.05) is 7.05 Å². The molecule has 134 valence electrons. The molecule has 0 bridgehead atoms. The Kier molecular flexibility index (Phi) is 4.60. The molecule has 0 spiro atoms. The number of likely N-dealkylation sites (tertiary alicyclic amines) is 1. The third kappa shape index (κ3) is 3.71. The van der Waals surface area contributed by atoms with E-state index in [1.54, 1.807) is 16.8 Å². The first-order valence-corrected chi connectivity index (χ1v) is 8.04. The quantitative estimate of drug-likeness (QED) is 0.923. The van der Waals surface area contributed by atoms with Gasteiger partial charge in [-0.25, -0.2) is 0 Å². The zero-order valence-electron chi connectivity index (χ0n) is 13.8. The van der Waals surface area contributed by atoms with E-state index in [1.165, 1.54) is 6.07 Å². The summed E-state index contributed by atoms with van der Waals surface area (Å²) in [5.74, 6) is -0.190. The van der Waals surface area contributed by atoms with Crippen LogP contribution in [-0.2, 0) is 12.7 Å². The van der Waals surface area contributed by atoms with Gasteiger partial charge in [0.05, 0.1) is 11.1 Å². The van der Waals surface area contributed by atoms with Crippen LogP contribution in [0.2, 0.25) is 0 Å². The number of aromatic hydroxyl groups is 1. The second-order valence-electron chi connectivity index (χ2n) is 6.53. The Hall–Kier alpha value is -2.28. The van der Waals surface area contributed by atoms with E-state index in [4.69, 9.17) is 0 Å². The predicted molar refractivity (Wildman–Crippen MR) is 88.4 cm³/mol. The fourth-order valence-electron chi connectivity index (χ4n) is 3.27. The largest absolute Gasteiger partial charge is 0.507 e. The first-order valence-electron chi connectivity index (χ1n) is 8.04. The molecule has 1 fully saturated rings. The summed E-state index contributed by atoms with van der Waals surface area (Å²) in [6.07, 6.45) is -1.87. The SMILES string of the molecule is CN1CC[C@@H](Cn2cccc(-c3ccc(C(F)(F)F)cc3O)c2=O)C1. The highest BCUT2D eigenvalue weighted by atomic mass is 19.4. The van der Waals surface area contributed by atoms with Crippen molar-refractivity contribution in [3.63, 3.8) is 0 Å². The lowest BCUT2D eigenvalue weighted by Crippen LogP contribution is -2.26. The Morgan fingerprint density at radius 3 is 2.60 bits per heavy atom. The molecule has 1 aliphatic heterocycles. The lowest BCUT2D eigenvalue weighted by Gasteiger charge is -2.14.